The molecule has 0 aliphatic rings. The van der Waals surface area contributed by atoms with E-state index in [4.69, 9.17) is 13.3 Å². The number of halogens is 1. The van der Waals surface area contributed by atoms with Gasteiger partial charge in [-0.05, 0) is 17.5 Å². The van der Waals surface area contributed by atoms with Crippen LogP contribution in [0.15, 0.2) is 24.3 Å². The van der Waals surface area contributed by atoms with E-state index in [2.05, 4.69) is 60.7 Å². The van der Waals surface area contributed by atoms with Crippen LogP contribution < -0.4 is 0 Å². The van der Waals surface area contributed by atoms with Crippen molar-refractivity contribution in [2.24, 2.45) is 0 Å². The van der Waals surface area contributed by atoms with E-state index in [1.54, 1.807) is 21.3 Å². The minimum Gasteiger partial charge on any atom is -0.376 e. The highest BCUT2D eigenvalue weighted by molar-refractivity contribution is 14.1. The van der Waals surface area contributed by atoms with Crippen LogP contribution in [-0.2, 0) is 13.3 Å². The third-order valence-electron chi connectivity index (χ3n) is 3.54. The SMILES string of the molecule is CCC(I)c1ccc(C(C)[Si](OC)(OC)OC)cc1. The van der Waals surface area contributed by atoms with Gasteiger partial charge < -0.3 is 13.3 Å². The van der Waals surface area contributed by atoms with E-state index in [1.165, 1.54) is 11.1 Å². The molecule has 0 N–H and O–H groups in total. The third kappa shape index (κ3) is 3.78. The highest BCUT2D eigenvalue weighted by Crippen LogP contribution is 2.31. The van der Waals surface area contributed by atoms with Crippen LogP contribution in [0.25, 0.3) is 0 Å². The molecule has 0 aromatic heterocycles. The number of benzene rings is 1. The predicted molar refractivity (Wildman–Crippen MR) is 88.7 cm³/mol. The summed E-state index contributed by atoms with van der Waals surface area (Å²) in [6.07, 6.45) is 1.14. The van der Waals surface area contributed by atoms with Crippen molar-refractivity contribution in [2.75, 3.05) is 21.3 Å². The first kappa shape index (κ1) is 17.1. The van der Waals surface area contributed by atoms with Crippen molar-refractivity contribution in [1.82, 2.24) is 0 Å². The molecular weight excluding hydrogens is 371 g/mol. The van der Waals surface area contributed by atoms with Crippen LogP contribution in [0.3, 0.4) is 0 Å². The molecule has 0 amide bonds. The maximum atomic E-state index is 5.54. The molecule has 0 spiro atoms. The largest absolute Gasteiger partial charge is 0.507 e. The summed E-state index contributed by atoms with van der Waals surface area (Å²) in [5, 5.41) is 0. The lowest BCUT2D eigenvalue weighted by Crippen LogP contribution is -2.48. The van der Waals surface area contributed by atoms with Gasteiger partial charge in [0, 0.05) is 25.3 Å². The van der Waals surface area contributed by atoms with Crippen LogP contribution in [0, 0.1) is 0 Å². The molecule has 108 valence electrons. The maximum Gasteiger partial charge on any atom is 0.507 e. The molecule has 1 aromatic rings. The highest BCUT2D eigenvalue weighted by atomic mass is 127. The van der Waals surface area contributed by atoms with Crippen LogP contribution in [0.2, 0.25) is 0 Å². The number of hydrogen-bond acceptors (Lipinski definition) is 3. The Bertz CT molecular complexity index is 371. The van der Waals surface area contributed by atoms with Gasteiger partial charge in [0.1, 0.15) is 0 Å². The molecule has 5 heteroatoms. The summed E-state index contributed by atoms with van der Waals surface area (Å²) in [7, 11) is 2.35. The van der Waals surface area contributed by atoms with E-state index in [9.17, 15) is 0 Å². The minimum atomic E-state index is -2.62. The Balaban J connectivity index is 2.96. The average molecular weight is 394 g/mol. The van der Waals surface area contributed by atoms with Gasteiger partial charge in [0.15, 0.2) is 0 Å². The van der Waals surface area contributed by atoms with Crippen molar-refractivity contribution in [1.29, 1.82) is 0 Å². The summed E-state index contributed by atoms with van der Waals surface area (Å²) >= 11 is 2.47. The van der Waals surface area contributed by atoms with Crippen LogP contribution >= 0.6 is 22.6 Å². The Morgan fingerprint density at radius 2 is 1.42 bits per heavy atom. The van der Waals surface area contributed by atoms with Crippen molar-refractivity contribution in [3.05, 3.63) is 35.4 Å². The summed E-state index contributed by atoms with van der Waals surface area (Å²) in [6.45, 7) is 4.30. The predicted octanol–water partition coefficient (Wildman–Crippen LogP) is 4.09. The van der Waals surface area contributed by atoms with Crippen molar-refractivity contribution in [2.45, 2.75) is 29.7 Å². The van der Waals surface area contributed by atoms with E-state index >= 15 is 0 Å². The van der Waals surface area contributed by atoms with Gasteiger partial charge in [-0.3, -0.25) is 0 Å². The molecule has 19 heavy (non-hydrogen) atoms. The van der Waals surface area contributed by atoms with Gasteiger partial charge >= 0.3 is 8.80 Å². The second-order valence-electron chi connectivity index (χ2n) is 4.48. The second-order valence-corrected chi connectivity index (χ2v) is 9.28. The number of alkyl halides is 1. The number of hydrogen-bond donors (Lipinski definition) is 0. The molecule has 0 heterocycles. The summed E-state index contributed by atoms with van der Waals surface area (Å²) in [5.41, 5.74) is 2.68. The maximum absolute atomic E-state index is 5.54. The highest BCUT2D eigenvalue weighted by Gasteiger charge is 2.45. The Hall–Kier alpha value is 0.0469. The normalized spacial score (nSPS) is 15.3. The lowest BCUT2D eigenvalue weighted by atomic mass is 10.1. The first-order valence-corrected chi connectivity index (χ1v) is 9.48. The van der Waals surface area contributed by atoms with Gasteiger partial charge in [-0.1, -0.05) is 60.7 Å². The topological polar surface area (TPSA) is 27.7 Å². The van der Waals surface area contributed by atoms with Gasteiger partial charge in [-0.2, -0.15) is 0 Å². The zero-order valence-electron chi connectivity index (χ0n) is 12.3. The molecule has 0 saturated heterocycles. The van der Waals surface area contributed by atoms with Crippen LogP contribution in [-0.4, -0.2) is 30.1 Å². The molecule has 0 bridgehead atoms. The summed E-state index contributed by atoms with van der Waals surface area (Å²) in [4.78, 5) is 0. The molecular formula is C14H23IO3Si. The molecule has 2 atom stereocenters. The van der Waals surface area contributed by atoms with Crippen LogP contribution in [0.1, 0.15) is 40.9 Å². The molecule has 2 unspecified atom stereocenters. The third-order valence-corrected chi connectivity index (χ3v) is 8.24. The van der Waals surface area contributed by atoms with Crippen molar-refractivity contribution < 1.29 is 13.3 Å². The van der Waals surface area contributed by atoms with Crippen LogP contribution in [0.4, 0.5) is 0 Å². The zero-order chi connectivity index (χ0) is 14.5. The molecule has 0 aliphatic carbocycles. The van der Waals surface area contributed by atoms with E-state index in [0.717, 1.165) is 6.42 Å². The van der Waals surface area contributed by atoms with E-state index in [1.807, 2.05) is 0 Å². The van der Waals surface area contributed by atoms with Crippen LogP contribution in [0.5, 0.6) is 0 Å². The van der Waals surface area contributed by atoms with Crippen molar-refractivity contribution in [3.8, 4) is 0 Å². The van der Waals surface area contributed by atoms with Crippen molar-refractivity contribution >= 4 is 31.4 Å². The fourth-order valence-electron chi connectivity index (χ4n) is 2.21. The van der Waals surface area contributed by atoms with Gasteiger partial charge in [0.25, 0.3) is 0 Å². The molecule has 1 aromatic carbocycles. The summed E-state index contributed by atoms with van der Waals surface area (Å²) in [5.74, 6) is 0. The fraction of sp³-hybridized carbons (Fsp3) is 0.571. The van der Waals surface area contributed by atoms with Gasteiger partial charge in [0.05, 0.1) is 5.54 Å². The Labute approximate surface area is 131 Å². The van der Waals surface area contributed by atoms with E-state index < -0.39 is 8.80 Å². The first-order chi connectivity index (χ1) is 9.04. The van der Waals surface area contributed by atoms with E-state index in [0.29, 0.717) is 3.92 Å². The summed E-state index contributed by atoms with van der Waals surface area (Å²) < 4.78 is 17.2. The minimum absolute atomic E-state index is 0.121. The Kier molecular flexibility index (Phi) is 6.96. The van der Waals surface area contributed by atoms with Gasteiger partial charge in [0.2, 0.25) is 0 Å². The molecule has 3 nitrogen and oxygen atoms in total. The van der Waals surface area contributed by atoms with Gasteiger partial charge in [-0.15, -0.1) is 0 Å². The summed E-state index contributed by atoms with van der Waals surface area (Å²) in [6, 6.07) is 8.68. The molecule has 0 aliphatic heterocycles. The quantitative estimate of drug-likeness (QED) is 0.396. The Morgan fingerprint density at radius 3 is 1.79 bits per heavy atom. The monoisotopic (exact) mass is 394 g/mol. The lowest BCUT2D eigenvalue weighted by molar-refractivity contribution is 0.114. The fourth-order valence-corrected chi connectivity index (χ4v) is 4.79. The standard InChI is InChI=1S/C14H23IO3Si/c1-6-14(15)13-9-7-12(8-10-13)11(2)19(16-3,17-4)18-5/h7-11,14H,6H2,1-5H3. The number of rotatable bonds is 7. The Morgan fingerprint density at radius 1 is 1.00 bits per heavy atom. The smallest absolute Gasteiger partial charge is 0.376 e. The zero-order valence-corrected chi connectivity index (χ0v) is 15.4. The molecule has 0 saturated carbocycles. The molecule has 1 rings (SSSR count). The molecule has 0 fully saturated rings. The van der Waals surface area contributed by atoms with E-state index in [-0.39, 0.29) is 5.54 Å². The van der Waals surface area contributed by atoms with Crippen molar-refractivity contribution in [3.63, 3.8) is 0 Å². The lowest BCUT2D eigenvalue weighted by Gasteiger charge is -2.30. The second kappa shape index (κ2) is 7.73. The average Bonchev–Trinajstić information content (AvgIpc) is 2.48. The first-order valence-electron chi connectivity index (χ1n) is 6.44. The molecule has 0 radical (unpaired) electrons. The van der Waals surface area contributed by atoms with Gasteiger partial charge in [-0.25, -0.2) is 0 Å².